The molecular weight excluding hydrogens is 348 g/mol. The fourth-order valence-electron chi connectivity index (χ4n) is 3.28. The maximum atomic E-state index is 13.0. The number of fused-ring (bicyclic) bond motifs is 1. The average Bonchev–Trinajstić information content (AvgIpc) is 2.56. The van der Waals surface area contributed by atoms with Crippen LogP contribution in [0.5, 0.6) is 11.5 Å². The van der Waals surface area contributed by atoms with E-state index in [1.807, 2.05) is 19.9 Å². The molecule has 1 unspecified atom stereocenters. The van der Waals surface area contributed by atoms with Crippen molar-refractivity contribution in [3.8, 4) is 11.5 Å². The third-order valence-corrected chi connectivity index (χ3v) is 4.20. The second kappa shape index (κ2) is 7.23. The molecule has 27 heavy (non-hydrogen) atoms. The molecule has 0 fully saturated rings. The highest BCUT2D eigenvalue weighted by Gasteiger charge is 2.41. The first-order chi connectivity index (χ1) is 12.5. The van der Waals surface area contributed by atoms with Gasteiger partial charge in [-0.2, -0.15) is 0 Å². The largest absolute Gasteiger partial charge is 0.507 e. The van der Waals surface area contributed by atoms with Crippen molar-refractivity contribution in [2.75, 3.05) is 0 Å². The van der Waals surface area contributed by atoms with Gasteiger partial charge in [-0.15, -0.1) is 0 Å². The number of ether oxygens (including phenoxy) is 1. The first kappa shape index (κ1) is 20.2. The van der Waals surface area contributed by atoms with Gasteiger partial charge in [0, 0.05) is 17.1 Å². The molecule has 1 aromatic rings. The van der Waals surface area contributed by atoms with Crippen LogP contribution >= 0.6 is 0 Å². The van der Waals surface area contributed by atoms with Crippen LogP contribution in [0.4, 0.5) is 0 Å². The molecule has 0 saturated heterocycles. The van der Waals surface area contributed by atoms with Gasteiger partial charge in [-0.1, -0.05) is 32.1 Å². The highest BCUT2D eigenvalue weighted by Crippen LogP contribution is 2.40. The van der Waals surface area contributed by atoms with Gasteiger partial charge < -0.3 is 14.9 Å². The molecule has 0 saturated carbocycles. The summed E-state index contributed by atoms with van der Waals surface area (Å²) in [5.74, 6) is -2.92. The number of benzene rings is 1. The third-order valence-electron chi connectivity index (χ3n) is 4.20. The maximum Gasteiger partial charge on any atom is 0.330 e. The lowest BCUT2D eigenvalue weighted by atomic mass is 9.75. The Morgan fingerprint density at radius 1 is 1.15 bits per heavy atom. The maximum absolute atomic E-state index is 13.0. The Labute approximate surface area is 157 Å². The molecule has 6 nitrogen and oxygen atoms in total. The van der Waals surface area contributed by atoms with Crippen LogP contribution in [0.25, 0.3) is 0 Å². The van der Waals surface area contributed by atoms with Crippen LogP contribution in [0.2, 0.25) is 0 Å². The second-order valence-electron chi connectivity index (χ2n) is 7.21. The zero-order valence-corrected chi connectivity index (χ0v) is 15.7. The van der Waals surface area contributed by atoms with Crippen molar-refractivity contribution in [1.82, 2.24) is 0 Å². The van der Waals surface area contributed by atoms with E-state index < -0.39 is 40.6 Å². The van der Waals surface area contributed by atoms with E-state index in [4.69, 9.17) is 4.74 Å². The highest BCUT2D eigenvalue weighted by atomic mass is 16.5. The van der Waals surface area contributed by atoms with Gasteiger partial charge in [0.25, 0.3) is 0 Å². The van der Waals surface area contributed by atoms with E-state index in [1.54, 1.807) is 13.8 Å². The number of carbonyl (C=O) groups is 3. The van der Waals surface area contributed by atoms with E-state index in [0.29, 0.717) is 0 Å². The van der Waals surface area contributed by atoms with Gasteiger partial charge in [0.1, 0.15) is 17.6 Å². The Balaban J connectivity index is 2.66. The molecule has 6 heteroatoms. The predicted octanol–water partition coefficient (Wildman–Crippen LogP) is 3.49. The van der Waals surface area contributed by atoms with Crippen LogP contribution in [-0.4, -0.2) is 33.9 Å². The minimum atomic E-state index is -1.09. The molecule has 1 aromatic carbocycles. The molecule has 0 heterocycles. The fraction of sp³-hybridized carbons (Fsp3) is 0.286. The van der Waals surface area contributed by atoms with Gasteiger partial charge in [-0.3, -0.25) is 9.59 Å². The molecule has 1 aliphatic rings. The smallest absolute Gasteiger partial charge is 0.330 e. The molecule has 2 N–H and O–H groups in total. The van der Waals surface area contributed by atoms with Crippen molar-refractivity contribution in [3.63, 3.8) is 0 Å². The average molecular weight is 370 g/mol. The minimum absolute atomic E-state index is 0.0777. The predicted molar refractivity (Wildman–Crippen MR) is 99.8 cm³/mol. The number of ketones is 2. The Hall–Kier alpha value is -3.15. The molecule has 142 valence electrons. The Morgan fingerprint density at radius 2 is 1.70 bits per heavy atom. The van der Waals surface area contributed by atoms with Crippen LogP contribution in [-0.2, 0) is 9.53 Å². The van der Waals surface area contributed by atoms with Gasteiger partial charge in [-0.05, 0) is 32.1 Å². The van der Waals surface area contributed by atoms with Gasteiger partial charge in [0.15, 0.2) is 11.6 Å². The van der Waals surface area contributed by atoms with Crippen LogP contribution in [0.3, 0.4) is 0 Å². The Kier molecular flexibility index (Phi) is 5.40. The first-order valence-electron chi connectivity index (χ1n) is 8.34. The molecule has 2 rings (SSSR count). The number of phenolic OH excluding ortho intramolecular Hbond substituents is 2. The normalized spacial score (nSPS) is 14.7. The van der Waals surface area contributed by atoms with E-state index in [1.165, 1.54) is 0 Å². The number of hydrogen-bond acceptors (Lipinski definition) is 6. The van der Waals surface area contributed by atoms with Crippen LogP contribution < -0.4 is 0 Å². The number of Topliss-reactive ketones (excluding diaryl/α,β-unsaturated/α-hetero) is 1. The summed E-state index contributed by atoms with van der Waals surface area (Å²) in [6, 6.07) is 2.27. The lowest BCUT2D eigenvalue weighted by Crippen LogP contribution is -2.38. The summed E-state index contributed by atoms with van der Waals surface area (Å²) in [5, 5.41) is 20.0. The summed E-state index contributed by atoms with van der Waals surface area (Å²) in [6.07, 6.45) is 2.75. The number of esters is 1. The minimum Gasteiger partial charge on any atom is -0.507 e. The molecule has 1 atom stereocenters. The molecule has 0 bridgehead atoms. The summed E-state index contributed by atoms with van der Waals surface area (Å²) in [5.41, 5.74) is -0.548. The van der Waals surface area contributed by atoms with Crippen LogP contribution in [0.15, 0.2) is 48.1 Å². The number of aromatic hydroxyl groups is 2. The second-order valence-corrected chi connectivity index (χ2v) is 7.21. The van der Waals surface area contributed by atoms with E-state index >= 15 is 0 Å². The molecule has 0 amide bonds. The number of hydrogen-bond donors (Lipinski definition) is 2. The number of phenols is 2. The standard InChI is InChI=1S/C21H22O6/c1-6-16(25)27-20(21(4,5)10-11(2)3)12-9-15(24)17-13(22)7-8-14(23)18(17)19(12)26/h6-10,20,22-23H,1H2,2-5H3. The van der Waals surface area contributed by atoms with Crippen LogP contribution in [0.1, 0.15) is 48.4 Å². The zero-order valence-electron chi connectivity index (χ0n) is 15.7. The van der Waals surface area contributed by atoms with E-state index in [2.05, 4.69) is 6.58 Å². The van der Waals surface area contributed by atoms with E-state index in [0.717, 1.165) is 29.9 Å². The van der Waals surface area contributed by atoms with Crippen molar-refractivity contribution in [1.29, 1.82) is 0 Å². The summed E-state index contributed by atoms with van der Waals surface area (Å²) in [6.45, 7) is 10.6. The monoisotopic (exact) mass is 370 g/mol. The van der Waals surface area contributed by atoms with Gasteiger partial charge in [0.05, 0.1) is 11.1 Å². The first-order valence-corrected chi connectivity index (χ1v) is 8.34. The molecule has 1 aliphatic carbocycles. The lowest BCUT2D eigenvalue weighted by Gasteiger charge is -2.34. The fourth-order valence-corrected chi connectivity index (χ4v) is 3.28. The quantitative estimate of drug-likeness (QED) is 0.356. The molecule has 0 aromatic heterocycles. The molecule has 0 spiro atoms. The van der Waals surface area contributed by atoms with E-state index in [9.17, 15) is 24.6 Å². The third kappa shape index (κ3) is 3.84. The molecule has 0 aliphatic heterocycles. The number of carbonyl (C=O) groups excluding carboxylic acids is 3. The number of allylic oxidation sites excluding steroid dienone is 2. The SMILES string of the molecule is C=CC(=O)OC(C1=CC(=O)c2c(O)ccc(O)c2C1=O)C(C)(C)C=C(C)C. The summed E-state index contributed by atoms with van der Waals surface area (Å²) in [7, 11) is 0. The topological polar surface area (TPSA) is 101 Å². The van der Waals surface area contributed by atoms with Gasteiger partial charge >= 0.3 is 5.97 Å². The molecule has 0 radical (unpaired) electrons. The Bertz CT molecular complexity index is 897. The van der Waals surface area contributed by atoms with Crippen molar-refractivity contribution >= 4 is 17.5 Å². The van der Waals surface area contributed by atoms with Gasteiger partial charge in [-0.25, -0.2) is 4.79 Å². The summed E-state index contributed by atoms with van der Waals surface area (Å²) in [4.78, 5) is 37.5. The highest BCUT2D eigenvalue weighted by molar-refractivity contribution is 6.27. The summed E-state index contributed by atoms with van der Waals surface area (Å²) >= 11 is 0. The van der Waals surface area contributed by atoms with Crippen molar-refractivity contribution in [3.05, 3.63) is 59.2 Å². The lowest BCUT2D eigenvalue weighted by molar-refractivity contribution is -0.144. The zero-order chi connectivity index (χ0) is 20.5. The summed E-state index contributed by atoms with van der Waals surface area (Å²) < 4.78 is 5.42. The van der Waals surface area contributed by atoms with E-state index in [-0.39, 0.29) is 16.7 Å². The van der Waals surface area contributed by atoms with Gasteiger partial charge in [0.2, 0.25) is 0 Å². The van der Waals surface area contributed by atoms with Crippen LogP contribution in [0, 0.1) is 5.41 Å². The van der Waals surface area contributed by atoms with Crippen molar-refractivity contribution < 1.29 is 29.3 Å². The number of rotatable bonds is 5. The van der Waals surface area contributed by atoms with Crippen molar-refractivity contribution in [2.24, 2.45) is 5.41 Å². The molecular formula is C21H22O6. The Morgan fingerprint density at radius 3 is 2.22 bits per heavy atom. The van der Waals surface area contributed by atoms with Crippen molar-refractivity contribution in [2.45, 2.75) is 33.8 Å².